The first-order valence-corrected chi connectivity index (χ1v) is 7.50. The van der Waals surface area contributed by atoms with E-state index in [-0.39, 0.29) is 17.7 Å². The van der Waals surface area contributed by atoms with Crippen LogP contribution in [0.4, 0.5) is 10.3 Å². The minimum absolute atomic E-state index is 0.0850. The molecule has 2 N–H and O–H groups in total. The molecule has 0 unspecified atom stereocenters. The van der Waals surface area contributed by atoms with E-state index in [0.717, 1.165) is 21.3 Å². The van der Waals surface area contributed by atoms with Crippen molar-refractivity contribution in [1.29, 1.82) is 0 Å². The molecule has 0 saturated carbocycles. The smallest absolute Gasteiger partial charge is 0.264 e. The predicted molar refractivity (Wildman–Crippen MR) is 81.8 cm³/mol. The summed E-state index contributed by atoms with van der Waals surface area (Å²) in [5.41, 5.74) is 7.27. The van der Waals surface area contributed by atoms with Gasteiger partial charge in [0, 0.05) is 23.0 Å². The molecule has 22 heavy (non-hydrogen) atoms. The van der Waals surface area contributed by atoms with Crippen LogP contribution in [0.1, 0.15) is 20.9 Å². The molecular weight excluding hydrogens is 303 g/mol. The summed E-state index contributed by atoms with van der Waals surface area (Å²) in [6.45, 7) is 0.889. The summed E-state index contributed by atoms with van der Waals surface area (Å²) >= 11 is 1.36. The van der Waals surface area contributed by atoms with Gasteiger partial charge in [0.15, 0.2) is 0 Å². The van der Waals surface area contributed by atoms with Gasteiger partial charge in [-0.2, -0.15) is 0 Å². The van der Waals surface area contributed by atoms with Gasteiger partial charge in [0.25, 0.3) is 5.91 Å². The van der Waals surface area contributed by atoms with Crippen LogP contribution in [0.5, 0.6) is 0 Å². The number of halogens is 1. The molecule has 0 fully saturated rings. The zero-order valence-electron chi connectivity index (χ0n) is 11.4. The summed E-state index contributed by atoms with van der Waals surface area (Å²) in [7, 11) is 0. The SMILES string of the molecule is Nc1ncc2c(n1)CN(C(=O)c1cc3cc(F)ccc3s1)C2. The number of nitrogen functional groups attached to an aromatic ring is 1. The van der Waals surface area contributed by atoms with E-state index >= 15 is 0 Å². The fourth-order valence-corrected chi connectivity index (χ4v) is 3.60. The number of thiophene rings is 1. The molecule has 0 radical (unpaired) electrons. The Kier molecular flexibility index (Phi) is 2.83. The van der Waals surface area contributed by atoms with E-state index in [1.807, 2.05) is 0 Å². The summed E-state index contributed by atoms with van der Waals surface area (Å²) in [5.74, 6) is -0.174. The van der Waals surface area contributed by atoms with Gasteiger partial charge in [-0.05, 0) is 29.7 Å². The summed E-state index contributed by atoms with van der Waals surface area (Å²) in [5, 5.41) is 0.745. The lowest BCUT2D eigenvalue weighted by Crippen LogP contribution is -2.24. The van der Waals surface area contributed by atoms with E-state index in [1.54, 1.807) is 23.2 Å². The minimum atomic E-state index is -0.302. The molecule has 1 aliphatic rings. The number of anilines is 1. The van der Waals surface area contributed by atoms with Crippen LogP contribution >= 0.6 is 11.3 Å². The third-order valence-electron chi connectivity index (χ3n) is 3.65. The van der Waals surface area contributed by atoms with Gasteiger partial charge in [-0.3, -0.25) is 4.79 Å². The van der Waals surface area contributed by atoms with E-state index in [0.29, 0.717) is 18.0 Å². The second-order valence-corrected chi connectivity index (χ2v) is 6.24. The van der Waals surface area contributed by atoms with Crippen molar-refractivity contribution in [3.05, 3.63) is 52.4 Å². The molecule has 0 atom stereocenters. The Bertz CT molecular complexity index is 908. The molecule has 1 aliphatic heterocycles. The molecule has 0 saturated heterocycles. The molecule has 110 valence electrons. The van der Waals surface area contributed by atoms with Crippen molar-refractivity contribution in [2.24, 2.45) is 0 Å². The first-order valence-electron chi connectivity index (χ1n) is 6.69. The van der Waals surface area contributed by atoms with E-state index in [2.05, 4.69) is 9.97 Å². The van der Waals surface area contributed by atoms with E-state index in [9.17, 15) is 9.18 Å². The van der Waals surface area contributed by atoms with E-state index < -0.39 is 0 Å². The third kappa shape index (κ3) is 2.10. The number of amides is 1. The number of aromatic nitrogens is 2. The molecule has 2 aromatic heterocycles. The van der Waals surface area contributed by atoms with Gasteiger partial charge < -0.3 is 10.6 Å². The van der Waals surface area contributed by atoms with Gasteiger partial charge in [0.05, 0.1) is 17.1 Å². The normalized spacial score (nSPS) is 13.6. The monoisotopic (exact) mass is 314 g/mol. The number of hydrogen-bond acceptors (Lipinski definition) is 5. The Labute approximate surface area is 129 Å². The molecule has 0 spiro atoms. The maximum Gasteiger partial charge on any atom is 0.264 e. The van der Waals surface area contributed by atoms with Gasteiger partial charge >= 0.3 is 0 Å². The van der Waals surface area contributed by atoms with Crippen molar-refractivity contribution < 1.29 is 9.18 Å². The van der Waals surface area contributed by atoms with Crippen LogP contribution in [0.2, 0.25) is 0 Å². The number of carbonyl (C=O) groups excluding carboxylic acids is 1. The molecule has 0 aliphatic carbocycles. The second kappa shape index (κ2) is 4.74. The van der Waals surface area contributed by atoms with Gasteiger partial charge in [0.1, 0.15) is 5.82 Å². The Balaban J connectivity index is 1.64. The van der Waals surface area contributed by atoms with Crippen LogP contribution < -0.4 is 5.73 Å². The van der Waals surface area contributed by atoms with Crippen molar-refractivity contribution in [3.8, 4) is 0 Å². The predicted octanol–water partition coefficient (Wildman–Crippen LogP) is 2.57. The van der Waals surface area contributed by atoms with Gasteiger partial charge in [-0.15, -0.1) is 11.3 Å². The Morgan fingerprint density at radius 2 is 2.18 bits per heavy atom. The van der Waals surface area contributed by atoms with Crippen molar-refractivity contribution >= 4 is 33.3 Å². The van der Waals surface area contributed by atoms with Crippen molar-refractivity contribution in [2.75, 3.05) is 5.73 Å². The molecule has 1 amide bonds. The zero-order valence-corrected chi connectivity index (χ0v) is 12.2. The summed E-state index contributed by atoms with van der Waals surface area (Å²) in [6, 6.07) is 6.26. The van der Waals surface area contributed by atoms with Crippen LogP contribution in [0, 0.1) is 5.82 Å². The Hall–Kier alpha value is -2.54. The fraction of sp³-hybridized carbons (Fsp3) is 0.133. The van der Waals surface area contributed by atoms with Crippen molar-refractivity contribution in [1.82, 2.24) is 14.9 Å². The second-order valence-electron chi connectivity index (χ2n) is 5.15. The molecule has 1 aromatic carbocycles. The fourth-order valence-electron chi connectivity index (χ4n) is 2.59. The van der Waals surface area contributed by atoms with Crippen molar-refractivity contribution in [2.45, 2.75) is 13.1 Å². The largest absolute Gasteiger partial charge is 0.368 e. The first kappa shape index (κ1) is 13.1. The number of nitrogens with zero attached hydrogens (tertiary/aromatic N) is 3. The maximum absolute atomic E-state index is 13.2. The highest BCUT2D eigenvalue weighted by Gasteiger charge is 2.27. The highest BCUT2D eigenvalue weighted by Crippen LogP contribution is 2.29. The van der Waals surface area contributed by atoms with Crippen LogP contribution in [0.3, 0.4) is 0 Å². The molecule has 3 aromatic rings. The van der Waals surface area contributed by atoms with Gasteiger partial charge in [-0.25, -0.2) is 14.4 Å². The molecular formula is C15H11FN4OS. The number of benzene rings is 1. The van der Waals surface area contributed by atoms with Crippen molar-refractivity contribution in [3.63, 3.8) is 0 Å². The lowest BCUT2D eigenvalue weighted by Gasteiger charge is -2.13. The highest BCUT2D eigenvalue weighted by atomic mass is 32.1. The minimum Gasteiger partial charge on any atom is -0.368 e. The average molecular weight is 314 g/mol. The number of nitrogens with two attached hydrogens (primary N) is 1. The van der Waals surface area contributed by atoms with E-state index in [4.69, 9.17) is 5.73 Å². The van der Waals surface area contributed by atoms with Gasteiger partial charge in [-0.1, -0.05) is 0 Å². The van der Waals surface area contributed by atoms with E-state index in [1.165, 1.54) is 23.5 Å². The molecule has 5 nitrogen and oxygen atoms in total. The summed E-state index contributed by atoms with van der Waals surface area (Å²) in [4.78, 5) is 23.0. The molecule has 3 heterocycles. The van der Waals surface area contributed by atoms with Crippen LogP contribution in [0.25, 0.3) is 10.1 Å². The van der Waals surface area contributed by atoms with Gasteiger partial charge in [0.2, 0.25) is 5.95 Å². The maximum atomic E-state index is 13.2. The quantitative estimate of drug-likeness (QED) is 0.749. The number of hydrogen-bond donors (Lipinski definition) is 1. The highest BCUT2D eigenvalue weighted by molar-refractivity contribution is 7.20. The topological polar surface area (TPSA) is 72.1 Å². The number of rotatable bonds is 1. The lowest BCUT2D eigenvalue weighted by atomic mass is 10.2. The Morgan fingerprint density at radius 1 is 1.32 bits per heavy atom. The summed E-state index contributed by atoms with van der Waals surface area (Å²) in [6.07, 6.45) is 1.66. The van der Waals surface area contributed by atoms with Crippen LogP contribution in [-0.2, 0) is 13.1 Å². The zero-order chi connectivity index (χ0) is 15.3. The van der Waals surface area contributed by atoms with Crippen LogP contribution in [0.15, 0.2) is 30.5 Å². The summed E-state index contributed by atoms with van der Waals surface area (Å²) < 4.78 is 14.1. The third-order valence-corrected chi connectivity index (χ3v) is 4.76. The Morgan fingerprint density at radius 3 is 3.05 bits per heavy atom. The first-order chi connectivity index (χ1) is 10.6. The van der Waals surface area contributed by atoms with Crippen LogP contribution in [-0.4, -0.2) is 20.8 Å². The average Bonchev–Trinajstić information content (AvgIpc) is 3.08. The standard InChI is InChI=1S/C15H11FN4OS/c16-10-1-2-12-8(3-10)4-13(22-12)14(21)20-6-9-5-18-15(17)19-11(9)7-20/h1-5H,6-7H2,(H2,17,18,19). The number of carbonyl (C=O) groups is 1. The molecule has 7 heteroatoms. The molecule has 0 bridgehead atoms. The molecule has 4 rings (SSSR count). The lowest BCUT2D eigenvalue weighted by molar-refractivity contribution is 0.0755. The number of fused-ring (bicyclic) bond motifs is 2.